The van der Waals surface area contributed by atoms with Crippen LogP contribution in [0.15, 0.2) is 60.8 Å². The van der Waals surface area contributed by atoms with Crippen molar-refractivity contribution < 1.29 is 55.0 Å². The largest absolute Gasteiger partial charge is 0.491 e. The number of ether oxygens (including phenoxy) is 2. The van der Waals surface area contributed by atoms with Crippen LogP contribution in [0, 0.1) is 17.1 Å². The Morgan fingerprint density at radius 2 is 1.77 bits per heavy atom. The van der Waals surface area contributed by atoms with Crippen molar-refractivity contribution in [3.63, 3.8) is 0 Å². The van der Waals surface area contributed by atoms with Crippen LogP contribution in [0.5, 0.6) is 5.75 Å². The molecule has 2 unspecified atom stereocenters. The number of nitrogens with one attached hydrogen (secondary N) is 2. The van der Waals surface area contributed by atoms with Gasteiger partial charge >= 0.3 is 12.3 Å². The fraction of sp³-hybridized carbons (Fsp3) is 0.308. The number of carbonyl (C=O) groups is 4. The fourth-order valence-electron chi connectivity index (χ4n) is 6.70. The highest BCUT2D eigenvalue weighted by Gasteiger charge is 2.51. The molecule has 0 spiro atoms. The van der Waals surface area contributed by atoms with Gasteiger partial charge in [-0.1, -0.05) is 0 Å². The van der Waals surface area contributed by atoms with Gasteiger partial charge in [-0.25, -0.2) is 27.8 Å². The van der Waals surface area contributed by atoms with Gasteiger partial charge in [0.15, 0.2) is 10.9 Å². The maximum atomic E-state index is 14.5. The third-order valence-electron chi connectivity index (χ3n) is 9.87. The summed E-state index contributed by atoms with van der Waals surface area (Å²) in [5, 5.41) is 14.1. The van der Waals surface area contributed by atoms with Crippen molar-refractivity contribution >= 4 is 64.0 Å². The zero-order valence-corrected chi connectivity index (χ0v) is 33.3. The lowest BCUT2D eigenvalue weighted by molar-refractivity contribution is -0.137. The molecule has 2 atom stereocenters. The molecule has 0 radical (unpaired) electrons. The van der Waals surface area contributed by atoms with Crippen LogP contribution in [0.4, 0.5) is 54.0 Å². The molecule has 3 aromatic carbocycles. The molecule has 0 bridgehead atoms. The van der Waals surface area contributed by atoms with Crippen LogP contribution in [-0.4, -0.2) is 82.8 Å². The minimum absolute atomic E-state index is 0.102. The zero-order chi connectivity index (χ0) is 44.7. The van der Waals surface area contributed by atoms with E-state index < -0.39 is 71.0 Å². The lowest BCUT2D eigenvalue weighted by atomic mass is 10.0. The van der Waals surface area contributed by atoms with Gasteiger partial charge in [-0.3, -0.25) is 19.3 Å². The van der Waals surface area contributed by atoms with E-state index in [9.17, 15) is 45.5 Å². The highest BCUT2D eigenvalue weighted by Crippen LogP contribution is 2.41. The molecule has 3 aliphatic heterocycles. The van der Waals surface area contributed by atoms with Crippen molar-refractivity contribution in [1.82, 2.24) is 14.9 Å². The summed E-state index contributed by atoms with van der Waals surface area (Å²) >= 11 is 5.38. The van der Waals surface area contributed by atoms with E-state index in [4.69, 9.17) is 32.7 Å². The monoisotopic (exact) mass is 871 g/mol. The van der Waals surface area contributed by atoms with Gasteiger partial charge in [-0.2, -0.15) is 18.4 Å². The van der Waals surface area contributed by atoms with E-state index in [1.54, 1.807) is 29.7 Å². The van der Waals surface area contributed by atoms with Gasteiger partial charge in [0.25, 0.3) is 18.2 Å². The molecule has 0 aliphatic carbocycles. The highest BCUT2D eigenvalue weighted by atomic mass is 32.1. The molecule has 4 N–H and O–H groups in total. The van der Waals surface area contributed by atoms with Crippen LogP contribution in [0.25, 0.3) is 11.4 Å². The SMILES string of the molecule is CC(Nc1ccc2c(c1)OCCn1cc(N3C(=O)OCC3C(F)F)nc1-2)C(N)=O.CNC(=O)c1ccc(N2C(=S)N(c3ccc(C#N)c(C(F)(F)F)c3)C(=O)C2(C)C)cc1F. The number of thiocarbonyl (C=S) groups is 1. The number of nitriles is 1. The number of cyclic esters (lactones) is 1. The summed E-state index contributed by atoms with van der Waals surface area (Å²) in [6.07, 6.45) is -6.88. The van der Waals surface area contributed by atoms with Crippen LogP contribution in [0.2, 0.25) is 0 Å². The number of rotatable bonds is 8. The number of alkyl halides is 5. The van der Waals surface area contributed by atoms with Crippen LogP contribution >= 0.6 is 12.2 Å². The van der Waals surface area contributed by atoms with Crippen molar-refractivity contribution in [3.8, 4) is 23.2 Å². The molecular formula is C39H35F6N9O6S. The first kappa shape index (κ1) is 43.7. The maximum absolute atomic E-state index is 14.5. The van der Waals surface area contributed by atoms with E-state index in [0.717, 1.165) is 21.9 Å². The standard InChI is InChI=1S/C21H16F4N4O2S.C18H19F2N5O4/c1-20(2)18(31)28(12-5-4-11(10-26)15(8-12)21(23,24)25)19(32)29(20)13-6-7-14(16(22)9-13)17(30)27-3;1-9(16(21)26)22-10-2-3-11-13(6-10)28-5-4-24-7-14(23-17(11)24)25-12(15(19)20)8-29-18(25)27/h4-9H,1-3H3,(H,27,30);2-3,6-7,9,12,15,22H,4-5,8H2,1H3,(H2,21,26). The average Bonchev–Trinajstić information content (AvgIpc) is 3.81. The number of anilines is 4. The van der Waals surface area contributed by atoms with Crippen molar-refractivity contribution in [3.05, 3.63) is 83.3 Å². The second kappa shape index (κ2) is 16.6. The van der Waals surface area contributed by atoms with Crippen LogP contribution in [0.1, 0.15) is 42.3 Å². The number of aromatic nitrogens is 2. The fourth-order valence-corrected chi connectivity index (χ4v) is 7.22. The lowest BCUT2D eigenvalue weighted by Gasteiger charge is -2.29. The van der Waals surface area contributed by atoms with Gasteiger partial charge in [0, 0.05) is 30.7 Å². The zero-order valence-electron chi connectivity index (χ0n) is 32.5. The Balaban J connectivity index is 0.000000205. The van der Waals surface area contributed by atoms with Gasteiger partial charge in [0.2, 0.25) is 5.91 Å². The Bertz CT molecular complexity index is 2490. The van der Waals surface area contributed by atoms with E-state index in [2.05, 4.69) is 15.6 Å². The number of carbonyl (C=O) groups excluding carboxylic acids is 4. The van der Waals surface area contributed by atoms with E-state index in [0.29, 0.717) is 42.0 Å². The van der Waals surface area contributed by atoms with Crippen molar-refractivity contribution in [2.75, 3.05) is 40.3 Å². The molecule has 3 aliphatic rings. The van der Waals surface area contributed by atoms with E-state index in [1.165, 1.54) is 56.3 Å². The summed E-state index contributed by atoms with van der Waals surface area (Å²) < 4.78 is 93.6. The number of nitrogens with zero attached hydrogens (tertiary/aromatic N) is 6. The first-order valence-electron chi connectivity index (χ1n) is 18.2. The summed E-state index contributed by atoms with van der Waals surface area (Å²) in [5.41, 5.74) is 3.12. The van der Waals surface area contributed by atoms with E-state index in [-0.39, 0.29) is 34.5 Å². The third-order valence-corrected chi connectivity index (χ3v) is 10.2. The molecule has 0 saturated carbocycles. The quantitative estimate of drug-likeness (QED) is 0.143. The number of benzene rings is 3. The summed E-state index contributed by atoms with van der Waals surface area (Å²) in [6.45, 7) is 4.96. The first-order chi connectivity index (χ1) is 28.7. The number of hydrogen-bond acceptors (Lipinski definition) is 10. The summed E-state index contributed by atoms with van der Waals surface area (Å²) in [4.78, 5) is 55.6. The molecule has 4 amide bonds. The number of amides is 4. The Morgan fingerprint density at radius 1 is 1.07 bits per heavy atom. The number of hydrogen-bond donors (Lipinski definition) is 3. The molecule has 61 heavy (non-hydrogen) atoms. The first-order valence-corrected chi connectivity index (χ1v) is 18.6. The summed E-state index contributed by atoms with van der Waals surface area (Å²) in [6, 6.07) is 11.2. The number of nitrogens with two attached hydrogens (primary N) is 1. The molecule has 4 heterocycles. The molecule has 2 saturated heterocycles. The molecule has 7 rings (SSSR count). The summed E-state index contributed by atoms with van der Waals surface area (Å²) in [7, 11) is 1.34. The molecular weight excluding hydrogens is 837 g/mol. The van der Waals surface area contributed by atoms with Gasteiger partial charge in [-0.15, -0.1) is 0 Å². The third kappa shape index (κ3) is 8.32. The number of halogens is 6. The minimum Gasteiger partial charge on any atom is -0.491 e. The minimum atomic E-state index is -4.82. The number of fused-ring (bicyclic) bond motifs is 3. The average molecular weight is 872 g/mol. The Hall–Kier alpha value is -6.89. The van der Waals surface area contributed by atoms with Crippen molar-refractivity contribution in [1.29, 1.82) is 5.26 Å². The summed E-state index contributed by atoms with van der Waals surface area (Å²) in [5.74, 6) is -1.54. The Labute approximate surface area is 348 Å². The molecule has 1 aromatic heterocycles. The van der Waals surface area contributed by atoms with Gasteiger partial charge in [-0.05, 0) is 81.5 Å². The normalized spacial score (nSPS) is 17.3. The second-order valence-corrected chi connectivity index (χ2v) is 14.6. The van der Waals surface area contributed by atoms with Crippen LogP contribution in [0.3, 0.4) is 0 Å². The molecule has 22 heteroatoms. The number of imidazole rings is 1. The van der Waals surface area contributed by atoms with Gasteiger partial charge in [0.1, 0.15) is 48.2 Å². The van der Waals surface area contributed by atoms with E-state index in [1.807, 2.05) is 0 Å². The molecule has 320 valence electrons. The Kier molecular flexibility index (Phi) is 11.9. The van der Waals surface area contributed by atoms with Gasteiger partial charge < -0.3 is 35.3 Å². The second-order valence-electron chi connectivity index (χ2n) is 14.2. The predicted molar refractivity (Wildman–Crippen MR) is 212 cm³/mol. The highest BCUT2D eigenvalue weighted by molar-refractivity contribution is 7.81. The van der Waals surface area contributed by atoms with Crippen molar-refractivity contribution in [2.45, 2.75) is 57.5 Å². The molecule has 15 nitrogen and oxygen atoms in total. The number of primary amides is 1. The topological polar surface area (TPSA) is 188 Å². The van der Waals surface area contributed by atoms with E-state index >= 15 is 0 Å². The van der Waals surface area contributed by atoms with Crippen molar-refractivity contribution in [2.24, 2.45) is 5.73 Å². The molecule has 2 fully saturated rings. The predicted octanol–water partition coefficient (Wildman–Crippen LogP) is 5.81. The van der Waals surface area contributed by atoms with Gasteiger partial charge in [0.05, 0.1) is 40.6 Å². The Morgan fingerprint density at radius 3 is 2.39 bits per heavy atom. The van der Waals surface area contributed by atoms with Crippen LogP contribution < -0.4 is 35.8 Å². The smallest absolute Gasteiger partial charge is 0.417 e. The lowest BCUT2D eigenvalue weighted by Crippen LogP contribution is -2.44. The molecule has 4 aromatic rings. The maximum Gasteiger partial charge on any atom is 0.417 e. The van der Waals surface area contributed by atoms with Crippen LogP contribution in [-0.2, 0) is 27.0 Å².